The molecule has 3 aromatic rings. The zero-order valence-electron chi connectivity index (χ0n) is 14.6. The van der Waals surface area contributed by atoms with Crippen LogP contribution in [0, 0.1) is 3.57 Å². The molecule has 0 aliphatic carbocycles. The lowest BCUT2D eigenvalue weighted by Crippen LogP contribution is -2.25. The van der Waals surface area contributed by atoms with Crippen molar-refractivity contribution in [3.8, 4) is 22.9 Å². The van der Waals surface area contributed by atoms with Crippen LogP contribution in [0.3, 0.4) is 0 Å². The van der Waals surface area contributed by atoms with Crippen molar-refractivity contribution in [1.82, 2.24) is 9.72 Å². The molecule has 1 N–H and O–H groups in total. The van der Waals surface area contributed by atoms with Crippen LogP contribution in [-0.4, -0.2) is 29.9 Å². The van der Waals surface area contributed by atoms with Crippen molar-refractivity contribution in [2.75, 3.05) is 19.5 Å². The molecule has 0 bridgehead atoms. The molecule has 0 aliphatic heterocycles. The average Bonchev–Trinajstić information content (AvgIpc) is 3.03. The van der Waals surface area contributed by atoms with E-state index in [9.17, 15) is 9.59 Å². The summed E-state index contributed by atoms with van der Waals surface area (Å²) in [5.74, 6) is 0.134. The molecule has 140 valence electrons. The van der Waals surface area contributed by atoms with Gasteiger partial charge in [-0.3, -0.25) is 9.32 Å². The first kappa shape index (κ1) is 19.0. The van der Waals surface area contributed by atoms with Gasteiger partial charge in [-0.1, -0.05) is 5.16 Å². The summed E-state index contributed by atoms with van der Waals surface area (Å²) in [6.07, 6.45) is 0. The normalized spacial score (nSPS) is 10.5. The van der Waals surface area contributed by atoms with Crippen LogP contribution in [0.2, 0.25) is 0 Å². The van der Waals surface area contributed by atoms with E-state index in [1.165, 1.54) is 14.2 Å². The van der Waals surface area contributed by atoms with Crippen LogP contribution in [0.15, 0.2) is 51.8 Å². The Morgan fingerprint density at radius 1 is 1.15 bits per heavy atom. The van der Waals surface area contributed by atoms with Crippen LogP contribution < -0.4 is 20.5 Å². The lowest BCUT2D eigenvalue weighted by molar-refractivity contribution is -0.116. The number of aromatic nitrogens is 2. The summed E-state index contributed by atoms with van der Waals surface area (Å²) in [7, 11) is 3.03. The van der Waals surface area contributed by atoms with Gasteiger partial charge in [-0.2, -0.15) is 0 Å². The van der Waals surface area contributed by atoms with Crippen LogP contribution in [0.25, 0.3) is 11.4 Å². The smallest absolute Gasteiger partial charge is 0.442 e. The molecule has 0 unspecified atom stereocenters. The number of rotatable bonds is 6. The van der Waals surface area contributed by atoms with E-state index < -0.39 is 5.76 Å². The number of hydrogen-bond acceptors (Lipinski definition) is 6. The lowest BCUT2D eigenvalue weighted by Gasteiger charge is -2.10. The van der Waals surface area contributed by atoms with E-state index in [4.69, 9.17) is 14.0 Å². The van der Waals surface area contributed by atoms with Crippen molar-refractivity contribution >= 4 is 34.2 Å². The van der Waals surface area contributed by atoms with Gasteiger partial charge in [0.25, 0.3) is 0 Å². The Labute approximate surface area is 168 Å². The van der Waals surface area contributed by atoms with Crippen molar-refractivity contribution in [3.63, 3.8) is 0 Å². The molecule has 0 atom stereocenters. The summed E-state index contributed by atoms with van der Waals surface area (Å²) in [5, 5.41) is 6.52. The molecule has 1 heterocycles. The van der Waals surface area contributed by atoms with Gasteiger partial charge < -0.3 is 14.8 Å². The minimum Gasteiger partial charge on any atom is -0.493 e. The second-order valence-corrected chi connectivity index (χ2v) is 6.73. The number of methoxy groups -OCH3 is 2. The van der Waals surface area contributed by atoms with Crippen molar-refractivity contribution in [1.29, 1.82) is 0 Å². The molecular weight excluding hydrogens is 465 g/mol. The second kappa shape index (κ2) is 8.25. The highest BCUT2D eigenvalue weighted by atomic mass is 127. The molecule has 3 rings (SSSR count). The van der Waals surface area contributed by atoms with Crippen LogP contribution in [0.5, 0.6) is 11.5 Å². The van der Waals surface area contributed by atoms with Crippen molar-refractivity contribution in [2.45, 2.75) is 6.54 Å². The molecule has 27 heavy (non-hydrogen) atoms. The van der Waals surface area contributed by atoms with Crippen LogP contribution >= 0.6 is 22.6 Å². The third kappa shape index (κ3) is 4.30. The number of nitrogens with one attached hydrogen (secondary N) is 1. The number of benzene rings is 2. The van der Waals surface area contributed by atoms with Gasteiger partial charge in [0.15, 0.2) is 17.3 Å². The summed E-state index contributed by atoms with van der Waals surface area (Å²) in [5.41, 5.74) is 1.19. The highest BCUT2D eigenvalue weighted by molar-refractivity contribution is 14.1. The van der Waals surface area contributed by atoms with Gasteiger partial charge in [0.05, 0.1) is 14.2 Å². The Morgan fingerprint density at radius 3 is 2.52 bits per heavy atom. The van der Waals surface area contributed by atoms with E-state index >= 15 is 0 Å². The quantitative estimate of drug-likeness (QED) is 0.545. The first-order valence-electron chi connectivity index (χ1n) is 7.86. The number of amides is 1. The zero-order chi connectivity index (χ0) is 19.4. The van der Waals surface area contributed by atoms with Gasteiger partial charge in [0.1, 0.15) is 6.54 Å². The Morgan fingerprint density at radius 2 is 1.85 bits per heavy atom. The summed E-state index contributed by atoms with van der Waals surface area (Å²) in [4.78, 5) is 24.4. The van der Waals surface area contributed by atoms with Crippen LogP contribution in [0.1, 0.15) is 0 Å². The average molecular weight is 481 g/mol. The van der Waals surface area contributed by atoms with E-state index in [2.05, 4.69) is 33.1 Å². The predicted octanol–water partition coefficient (Wildman–Crippen LogP) is 2.76. The molecule has 0 spiro atoms. The van der Waals surface area contributed by atoms with E-state index in [1.54, 1.807) is 30.3 Å². The standard InChI is InChI=1S/C18H16IN3O5/c1-25-14-8-3-11(9-15(14)26-2)17-21-27-18(24)22(17)10-16(23)20-13-6-4-12(19)5-7-13/h3-9H,10H2,1-2H3,(H,20,23). The molecule has 0 saturated heterocycles. The molecule has 0 fully saturated rings. The fourth-order valence-corrected chi connectivity index (χ4v) is 2.83. The summed E-state index contributed by atoms with van der Waals surface area (Å²) < 4.78 is 17.4. The first-order chi connectivity index (χ1) is 13.0. The summed E-state index contributed by atoms with van der Waals surface area (Å²) in [6, 6.07) is 12.4. The van der Waals surface area contributed by atoms with Gasteiger partial charge in [0, 0.05) is 14.8 Å². The van der Waals surface area contributed by atoms with E-state index in [-0.39, 0.29) is 18.3 Å². The topological polar surface area (TPSA) is 95.6 Å². The monoisotopic (exact) mass is 481 g/mol. The fraction of sp³-hybridized carbons (Fsp3) is 0.167. The Bertz CT molecular complexity index is 1010. The molecule has 0 aliphatic rings. The van der Waals surface area contributed by atoms with Crippen LogP contribution in [-0.2, 0) is 11.3 Å². The second-order valence-electron chi connectivity index (χ2n) is 5.48. The van der Waals surface area contributed by atoms with Gasteiger partial charge in [0.2, 0.25) is 5.91 Å². The number of carbonyl (C=O) groups is 1. The molecule has 1 aromatic heterocycles. The first-order valence-corrected chi connectivity index (χ1v) is 8.94. The third-order valence-corrected chi connectivity index (χ3v) is 4.48. The largest absolute Gasteiger partial charge is 0.493 e. The number of hydrogen-bond donors (Lipinski definition) is 1. The Balaban J connectivity index is 1.85. The maximum atomic E-state index is 12.3. The molecular formula is C18H16IN3O5. The predicted molar refractivity (Wildman–Crippen MR) is 107 cm³/mol. The minimum absolute atomic E-state index is 0.221. The van der Waals surface area contributed by atoms with Gasteiger partial charge in [-0.05, 0) is 65.1 Å². The highest BCUT2D eigenvalue weighted by Crippen LogP contribution is 2.31. The van der Waals surface area contributed by atoms with Crippen molar-refractivity contribution in [3.05, 3.63) is 56.6 Å². The van der Waals surface area contributed by atoms with Gasteiger partial charge >= 0.3 is 5.76 Å². The van der Waals surface area contributed by atoms with E-state index in [1.807, 2.05) is 12.1 Å². The highest BCUT2D eigenvalue weighted by Gasteiger charge is 2.17. The number of ether oxygens (including phenoxy) is 2. The fourth-order valence-electron chi connectivity index (χ4n) is 2.47. The Hall–Kier alpha value is -2.82. The molecule has 8 nitrogen and oxygen atoms in total. The summed E-state index contributed by atoms with van der Waals surface area (Å²) in [6.45, 7) is -0.238. The Kier molecular flexibility index (Phi) is 5.79. The number of nitrogens with zero attached hydrogens (tertiary/aromatic N) is 2. The number of anilines is 1. The van der Waals surface area contributed by atoms with E-state index in [0.717, 1.165) is 8.14 Å². The molecule has 0 radical (unpaired) electrons. The maximum absolute atomic E-state index is 12.3. The number of carbonyl (C=O) groups excluding carboxylic acids is 1. The number of halogens is 1. The van der Waals surface area contributed by atoms with Gasteiger partial charge in [-0.15, -0.1) is 0 Å². The van der Waals surface area contributed by atoms with Crippen molar-refractivity contribution in [2.24, 2.45) is 0 Å². The SMILES string of the molecule is COc1ccc(-c2noc(=O)n2CC(=O)Nc2ccc(I)cc2)cc1OC. The molecule has 0 saturated carbocycles. The molecule has 2 aromatic carbocycles. The van der Waals surface area contributed by atoms with E-state index in [0.29, 0.717) is 22.7 Å². The summed E-state index contributed by atoms with van der Waals surface area (Å²) >= 11 is 2.18. The minimum atomic E-state index is -0.724. The molecule has 9 heteroatoms. The maximum Gasteiger partial charge on any atom is 0.442 e. The van der Waals surface area contributed by atoms with Crippen molar-refractivity contribution < 1.29 is 18.8 Å². The van der Waals surface area contributed by atoms with Crippen LogP contribution in [0.4, 0.5) is 5.69 Å². The third-order valence-electron chi connectivity index (χ3n) is 3.76. The molecule has 1 amide bonds. The zero-order valence-corrected chi connectivity index (χ0v) is 16.7. The van der Waals surface area contributed by atoms with Gasteiger partial charge in [-0.25, -0.2) is 9.36 Å². The lowest BCUT2D eigenvalue weighted by atomic mass is 10.2.